The second kappa shape index (κ2) is 8.69. The molecule has 0 atom stereocenters. The van der Waals surface area contributed by atoms with Crippen LogP contribution in [-0.2, 0) is 11.3 Å². The minimum atomic E-state index is -4.41. The van der Waals surface area contributed by atoms with E-state index in [2.05, 4.69) is 25.9 Å². The molecule has 2 aromatic heterocycles. The number of hydrogen-bond donors (Lipinski definition) is 3. The third-order valence-corrected chi connectivity index (χ3v) is 3.98. The Hall–Kier alpha value is -4.16. The molecular formula is C18H16F3N7O3. The van der Waals surface area contributed by atoms with Gasteiger partial charge in [0.05, 0.1) is 24.2 Å². The highest BCUT2D eigenvalue weighted by atomic mass is 19.4. The number of ether oxygens (including phenoxy) is 1. The molecule has 0 radical (unpaired) electrons. The third-order valence-electron chi connectivity index (χ3n) is 3.98. The molecule has 31 heavy (non-hydrogen) atoms. The molecule has 0 saturated heterocycles. The molecule has 0 unspecified atom stereocenters. The number of rotatable bonds is 8. The first kappa shape index (κ1) is 21.5. The first-order chi connectivity index (χ1) is 14.7. The normalized spacial score (nSPS) is 11.1. The van der Waals surface area contributed by atoms with Crippen LogP contribution in [0.1, 0.15) is 10.5 Å². The van der Waals surface area contributed by atoms with E-state index >= 15 is 0 Å². The van der Waals surface area contributed by atoms with Gasteiger partial charge in [-0.25, -0.2) is 0 Å². The molecule has 0 aliphatic carbocycles. The number of amides is 2. The van der Waals surface area contributed by atoms with Crippen LogP contribution in [0.5, 0.6) is 5.75 Å². The average Bonchev–Trinajstić information content (AvgIpc) is 3.14. The summed E-state index contributed by atoms with van der Waals surface area (Å²) in [5.41, 5.74) is 6.26. The van der Waals surface area contributed by atoms with Crippen molar-refractivity contribution in [3.8, 4) is 17.0 Å². The SMILES string of the molecule is COc1c(Nc2cc(NC=O)nnc2C(N)=O)cccc1-c1ccn(CC(F)(F)F)n1. The van der Waals surface area contributed by atoms with Crippen LogP contribution < -0.4 is 21.1 Å². The molecule has 13 heteroatoms. The highest BCUT2D eigenvalue weighted by Gasteiger charge is 2.28. The fraction of sp³-hybridized carbons (Fsp3) is 0.167. The van der Waals surface area contributed by atoms with Crippen molar-refractivity contribution >= 4 is 29.5 Å². The second-order valence-electron chi connectivity index (χ2n) is 6.14. The van der Waals surface area contributed by atoms with Gasteiger partial charge in [0.25, 0.3) is 5.91 Å². The molecule has 2 amide bonds. The highest BCUT2D eigenvalue weighted by Crippen LogP contribution is 2.37. The Balaban J connectivity index is 2.00. The number of anilines is 3. The molecule has 0 bridgehead atoms. The smallest absolute Gasteiger partial charge is 0.408 e. The number of benzene rings is 1. The first-order valence-corrected chi connectivity index (χ1v) is 8.64. The standard InChI is InChI=1S/C18H16F3N7O3/c1-31-16-10(11-5-6-28(27-11)8-18(19,20)21)3-2-4-12(16)24-13-7-14(23-9-29)25-26-15(13)17(22)30/h2-7,9H,8H2,1H3,(H2,22,30)(H2,23,24,25,29). The van der Waals surface area contributed by atoms with E-state index in [9.17, 15) is 22.8 Å². The van der Waals surface area contributed by atoms with Gasteiger partial charge >= 0.3 is 6.18 Å². The van der Waals surface area contributed by atoms with Crippen LogP contribution in [0.15, 0.2) is 36.5 Å². The van der Waals surface area contributed by atoms with E-state index in [4.69, 9.17) is 10.5 Å². The number of nitrogens with two attached hydrogens (primary N) is 1. The van der Waals surface area contributed by atoms with Crippen LogP contribution in [0.25, 0.3) is 11.3 Å². The van der Waals surface area contributed by atoms with Gasteiger partial charge in [0.15, 0.2) is 17.3 Å². The maximum Gasteiger partial charge on any atom is 0.408 e. The van der Waals surface area contributed by atoms with Crippen LogP contribution in [-0.4, -0.2) is 45.6 Å². The van der Waals surface area contributed by atoms with Gasteiger partial charge in [0.1, 0.15) is 6.54 Å². The summed E-state index contributed by atoms with van der Waals surface area (Å²) in [5, 5.41) is 16.5. The molecule has 3 rings (SSSR count). The predicted molar refractivity (Wildman–Crippen MR) is 104 cm³/mol. The predicted octanol–water partition coefficient (Wildman–Crippen LogP) is 2.32. The van der Waals surface area contributed by atoms with Crippen molar-refractivity contribution in [3.05, 3.63) is 42.2 Å². The van der Waals surface area contributed by atoms with Crippen molar-refractivity contribution in [2.45, 2.75) is 12.7 Å². The van der Waals surface area contributed by atoms with Crippen LogP contribution >= 0.6 is 0 Å². The summed E-state index contributed by atoms with van der Waals surface area (Å²) in [5.74, 6) is -0.561. The van der Waals surface area contributed by atoms with E-state index in [0.29, 0.717) is 17.7 Å². The largest absolute Gasteiger partial charge is 0.494 e. The van der Waals surface area contributed by atoms with Crippen molar-refractivity contribution < 1.29 is 27.5 Å². The number of primary amides is 1. The van der Waals surface area contributed by atoms with Gasteiger partial charge < -0.3 is 21.1 Å². The highest BCUT2D eigenvalue weighted by molar-refractivity contribution is 5.98. The summed E-state index contributed by atoms with van der Waals surface area (Å²) in [6.07, 6.45) is -2.82. The minimum Gasteiger partial charge on any atom is -0.494 e. The summed E-state index contributed by atoms with van der Waals surface area (Å²) >= 11 is 0. The topological polar surface area (TPSA) is 137 Å². The molecule has 0 aliphatic heterocycles. The fourth-order valence-electron chi connectivity index (χ4n) is 2.78. The Kier molecular flexibility index (Phi) is 6.04. The average molecular weight is 435 g/mol. The molecule has 10 nitrogen and oxygen atoms in total. The Morgan fingerprint density at radius 3 is 2.68 bits per heavy atom. The summed E-state index contributed by atoms with van der Waals surface area (Å²) in [4.78, 5) is 22.4. The zero-order valence-corrected chi connectivity index (χ0v) is 16.0. The summed E-state index contributed by atoms with van der Waals surface area (Å²) < 4.78 is 44.1. The lowest BCUT2D eigenvalue weighted by Gasteiger charge is -2.15. The lowest BCUT2D eigenvalue weighted by atomic mass is 10.1. The van der Waals surface area contributed by atoms with Gasteiger partial charge in [-0.3, -0.25) is 14.3 Å². The van der Waals surface area contributed by atoms with Gasteiger partial charge in [-0.1, -0.05) is 6.07 Å². The first-order valence-electron chi connectivity index (χ1n) is 8.64. The van der Waals surface area contributed by atoms with Crippen LogP contribution in [0.2, 0.25) is 0 Å². The summed E-state index contributed by atoms with van der Waals surface area (Å²) in [6, 6.07) is 7.59. The molecule has 162 valence electrons. The minimum absolute atomic E-state index is 0.0588. The maximum absolute atomic E-state index is 12.6. The van der Waals surface area contributed by atoms with E-state index in [1.165, 1.54) is 25.4 Å². The van der Waals surface area contributed by atoms with Crippen molar-refractivity contribution in [3.63, 3.8) is 0 Å². The molecule has 1 aromatic carbocycles. The number of nitrogens with one attached hydrogen (secondary N) is 2. The number of aromatic nitrogens is 4. The molecule has 0 saturated carbocycles. The van der Waals surface area contributed by atoms with Crippen LogP contribution in [0, 0.1) is 0 Å². The number of hydrogen-bond acceptors (Lipinski definition) is 7. The molecule has 0 aliphatic rings. The van der Waals surface area contributed by atoms with Crippen molar-refractivity contribution in [1.29, 1.82) is 0 Å². The van der Waals surface area contributed by atoms with Crippen molar-refractivity contribution in [2.75, 3.05) is 17.7 Å². The molecule has 0 spiro atoms. The Labute approximate surface area is 173 Å². The quantitative estimate of drug-likeness (QED) is 0.462. The van der Waals surface area contributed by atoms with Crippen LogP contribution in [0.4, 0.5) is 30.4 Å². The van der Waals surface area contributed by atoms with E-state index in [-0.39, 0.29) is 28.6 Å². The molecule has 3 aromatic rings. The van der Waals surface area contributed by atoms with Gasteiger partial charge in [-0.05, 0) is 18.2 Å². The van der Waals surface area contributed by atoms with Crippen molar-refractivity contribution in [1.82, 2.24) is 20.0 Å². The number of carbonyl (C=O) groups is 2. The zero-order valence-electron chi connectivity index (χ0n) is 16.0. The number of nitrogens with zero attached hydrogens (tertiary/aromatic N) is 4. The van der Waals surface area contributed by atoms with Crippen LogP contribution in [0.3, 0.4) is 0 Å². The monoisotopic (exact) mass is 435 g/mol. The van der Waals surface area contributed by atoms with Crippen molar-refractivity contribution in [2.24, 2.45) is 5.73 Å². The number of methoxy groups -OCH3 is 1. The number of para-hydroxylation sites is 1. The summed E-state index contributed by atoms with van der Waals surface area (Å²) in [6.45, 7) is -1.23. The van der Waals surface area contributed by atoms with E-state index in [1.807, 2.05) is 0 Å². The number of alkyl halides is 3. The summed E-state index contributed by atoms with van der Waals surface area (Å²) in [7, 11) is 1.37. The lowest BCUT2D eigenvalue weighted by Crippen LogP contribution is -2.18. The molecule has 2 heterocycles. The molecule has 4 N–H and O–H groups in total. The van der Waals surface area contributed by atoms with Gasteiger partial charge in [-0.15, -0.1) is 10.2 Å². The molecular weight excluding hydrogens is 419 g/mol. The Morgan fingerprint density at radius 1 is 1.26 bits per heavy atom. The van der Waals surface area contributed by atoms with Gasteiger partial charge in [0, 0.05) is 17.8 Å². The lowest BCUT2D eigenvalue weighted by molar-refractivity contribution is -0.142. The number of halogens is 3. The van der Waals surface area contributed by atoms with E-state index in [0.717, 1.165) is 4.68 Å². The Bertz CT molecular complexity index is 1120. The zero-order chi connectivity index (χ0) is 22.6. The number of carbonyl (C=O) groups excluding carboxylic acids is 2. The Morgan fingerprint density at radius 2 is 2.03 bits per heavy atom. The maximum atomic E-state index is 12.6. The van der Waals surface area contributed by atoms with Gasteiger partial charge in [0.2, 0.25) is 6.41 Å². The fourth-order valence-corrected chi connectivity index (χ4v) is 2.78. The molecule has 0 fully saturated rings. The van der Waals surface area contributed by atoms with E-state index in [1.54, 1.807) is 18.2 Å². The van der Waals surface area contributed by atoms with E-state index < -0.39 is 18.6 Å². The van der Waals surface area contributed by atoms with Gasteiger partial charge in [-0.2, -0.15) is 18.3 Å². The second-order valence-corrected chi connectivity index (χ2v) is 6.14. The third kappa shape index (κ3) is 5.07.